The van der Waals surface area contributed by atoms with Crippen molar-refractivity contribution in [1.29, 1.82) is 0 Å². The van der Waals surface area contributed by atoms with E-state index in [9.17, 15) is 13.5 Å². The van der Waals surface area contributed by atoms with E-state index in [1.54, 1.807) is 0 Å². The van der Waals surface area contributed by atoms with Gasteiger partial charge in [0.05, 0.1) is 11.9 Å². The van der Waals surface area contributed by atoms with Crippen molar-refractivity contribution in [2.45, 2.75) is 43.9 Å². The molecule has 118 valence electrons. The van der Waals surface area contributed by atoms with Crippen molar-refractivity contribution in [2.75, 3.05) is 39.5 Å². The molecule has 7 heteroatoms. The van der Waals surface area contributed by atoms with E-state index in [4.69, 9.17) is 0 Å². The summed E-state index contributed by atoms with van der Waals surface area (Å²) in [7, 11) is 0.532. The van der Waals surface area contributed by atoms with Gasteiger partial charge in [0.15, 0.2) is 0 Å². The Balaban J connectivity index is 1.90. The summed E-state index contributed by atoms with van der Waals surface area (Å²) in [4.78, 5) is 4.12. The first-order valence-corrected chi connectivity index (χ1v) is 9.09. The van der Waals surface area contributed by atoms with Gasteiger partial charge in [-0.1, -0.05) is 6.42 Å². The number of aliphatic hydroxyl groups is 1. The lowest BCUT2D eigenvalue weighted by Gasteiger charge is -2.29. The average Bonchev–Trinajstić information content (AvgIpc) is 2.95. The quantitative estimate of drug-likeness (QED) is 0.689. The van der Waals surface area contributed by atoms with Crippen LogP contribution in [0.4, 0.5) is 0 Å². The number of hydrogen-bond acceptors (Lipinski definition) is 5. The van der Waals surface area contributed by atoms with Gasteiger partial charge in [-0.15, -0.1) is 0 Å². The third kappa shape index (κ3) is 4.39. The summed E-state index contributed by atoms with van der Waals surface area (Å²) in [5.41, 5.74) is 0. The van der Waals surface area contributed by atoms with Crippen molar-refractivity contribution in [3.63, 3.8) is 0 Å². The second-order valence-electron chi connectivity index (χ2n) is 6.28. The van der Waals surface area contributed by atoms with E-state index in [1.807, 2.05) is 19.0 Å². The molecule has 2 fully saturated rings. The largest absolute Gasteiger partial charge is 0.392 e. The van der Waals surface area contributed by atoms with Crippen LogP contribution in [-0.4, -0.2) is 81.0 Å². The summed E-state index contributed by atoms with van der Waals surface area (Å²) in [6.07, 6.45) is 3.53. The van der Waals surface area contributed by atoms with Crippen LogP contribution >= 0.6 is 0 Å². The Morgan fingerprint density at radius 3 is 2.65 bits per heavy atom. The number of rotatable bonds is 6. The maximum atomic E-state index is 12.1. The Morgan fingerprint density at radius 1 is 1.30 bits per heavy atom. The second kappa shape index (κ2) is 6.70. The van der Waals surface area contributed by atoms with Crippen molar-refractivity contribution >= 4 is 10.0 Å². The average molecular weight is 305 g/mol. The summed E-state index contributed by atoms with van der Waals surface area (Å²) >= 11 is 0. The molecule has 1 unspecified atom stereocenters. The molecular formula is C13H27N3O3S. The van der Waals surface area contributed by atoms with E-state index < -0.39 is 10.0 Å². The van der Waals surface area contributed by atoms with Crippen molar-refractivity contribution in [3.8, 4) is 0 Å². The standard InChI is InChI=1S/C13H27N3O3S/c1-15(2)8-9-20(18,19)14-12-4-3-5-13(12)16-7-6-11(17)10-16/h11-14,17H,3-10H2,1-2H3/t11?,12-,13+/m1/s1. The summed E-state index contributed by atoms with van der Waals surface area (Å²) in [5.74, 6) is 0.145. The van der Waals surface area contributed by atoms with Crippen molar-refractivity contribution in [1.82, 2.24) is 14.5 Å². The zero-order chi connectivity index (χ0) is 14.8. The van der Waals surface area contributed by atoms with Crippen LogP contribution in [0.25, 0.3) is 0 Å². The van der Waals surface area contributed by atoms with Crippen LogP contribution in [0.2, 0.25) is 0 Å². The predicted octanol–water partition coefficient (Wildman–Crippen LogP) is -0.545. The van der Waals surface area contributed by atoms with Crippen LogP contribution in [0.3, 0.4) is 0 Å². The molecule has 1 saturated carbocycles. The summed E-state index contributed by atoms with van der Waals surface area (Å²) in [6, 6.07) is 0.258. The van der Waals surface area contributed by atoms with Crippen LogP contribution in [-0.2, 0) is 10.0 Å². The van der Waals surface area contributed by atoms with Gasteiger partial charge in [-0.3, -0.25) is 4.90 Å². The Kier molecular flexibility index (Phi) is 5.42. The zero-order valence-corrected chi connectivity index (χ0v) is 13.3. The Labute approximate surface area is 122 Å². The first-order valence-electron chi connectivity index (χ1n) is 7.44. The molecule has 0 aromatic rings. The van der Waals surface area contributed by atoms with E-state index in [0.29, 0.717) is 13.1 Å². The topological polar surface area (TPSA) is 72.9 Å². The number of hydrogen-bond donors (Lipinski definition) is 2. The SMILES string of the molecule is CN(C)CCS(=O)(=O)N[C@@H]1CCC[C@@H]1N1CCC(O)C1. The highest BCUT2D eigenvalue weighted by molar-refractivity contribution is 7.89. The van der Waals surface area contributed by atoms with Gasteiger partial charge < -0.3 is 10.0 Å². The molecule has 0 spiro atoms. The molecule has 2 rings (SSSR count). The molecule has 1 saturated heterocycles. The highest BCUT2D eigenvalue weighted by Crippen LogP contribution is 2.27. The Morgan fingerprint density at radius 2 is 2.05 bits per heavy atom. The predicted molar refractivity (Wildman–Crippen MR) is 79.1 cm³/mol. The molecule has 0 bridgehead atoms. The number of aliphatic hydroxyl groups excluding tert-OH is 1. The minimum absolute atomic E-state index is 0.00691. The fourth-order valence-electron chi connectivity index (χ4n) is 3.18. The number of likely N-dealkylation sites (tertiary alicyclic amines) is 1. The normalized spacial score (nSPS) is 32.3. The smallest absolute Gasteiger partial charge is 0.213 e. The molecule has 6 nitrogen and oxygen atoms in total. The van der Waals surface area contributed by atoms with Crippen LogP contribution in [0.1, 0.15) is 25.7 Å². The summed E-state index contributed by atoms with van der Waals surface area (Å²) in [6.45, 7) is 2.09. The molecule has 1 heterocycles. The number of nitrogens with one attached hydrogen (secondary N) is 1. The minimum atomic E-state index is -3.22. The van der Waals surface area contributed by atoms with Crippen molar-refractivity contribution in [2.24, 2.45) is 0 Å². The molecule has 1 aliphatic heterocycles. The molecule has 3 atom stereocenters. The lowest BCUT2D eigenvalue weighted by molar-refractivity contribution is 0.153. The fraction of sp³-hybridized carbons (Fsp3) is 1.00. The first kappa shape index (κ1) is 16.2. The summed E-state index contributed by atoms with van der Waals surface area (Å²) < 4.78 is 27.1. The number of nitrogens with zero attached hydrogens (tertiary/aromatic N) is 2. The van der Waals surface area contributed by atoms with Crippen molar-refractivity contribution in [3.05, 3.63) is 0 Å². The number of β-amino-alcohol motifs (C(OH)–C–C–N with tert-alkyl or cyclic N) is 1. The van der Waals surface area contributed by atoms with Gasteiger partial charge in [0, 0.05) is 31.7 Å². The molecule has 20 heavy (non-hydrogen) atoms. The van der Waals surface area contributed by atoms with Gasteiger partial charge in [-0.2, -0.15) is 0 Å². The minimum Gasteiger partial charge on any atom is -0.392 e. The third-order valence-corrected chi connectivity index (χ3v) is 5.66. The first-order chi connectivity index (χ1) is 9.37. The molecule has 2 N–H and O–H groups in total. The van der Waals surface area contributed by atoms with E-state index >= 15 is 0 Å². The highest BCUT2D eigenvalue weighted by atomic mass is 32.2. The summed E-state index contributed by atoms with van der Waals surface area (Å²) in [5, 5.41) is 9.64. The maximum Gasteiger partial charge on any atom is 0.213 e. The second-order valence-corrected chi connectivity index (χ2v) is 8.16. The van der Waals surface area contributed by atoms with Gasteiger partial charge in [0.2, 0.25) is 10.0 Å². The van der Waals surface area contributed by atoms with Crippen LogP contribution < -0.4 is 4.72 Å². The van der Waals surface area contributed by atoms with Gasteiger partial charge >= 0.3 is 0 Å². The van der Waals surface area contributed by atoms with Gasteiger partial charge in [0.25, 0.3) is 0 Å². The lowest BCUT2D eigenvalue weighted by Crippen LogP contribution is -2.49. The molecule has 0 aromatic heterocycles. The Bertz CT molecular complexity index is 413. The highest BCUT2D eigenvalue weighted by Gasteiger charge is 2.37. The van der Waals surface area contributed by atoms with Crippen LogP contribution in [0, 0.1) is 0 Å². The fourth-order valence-corrected chi connectivity index (χ4v) is 4.64. The van der Waals surface area contributed by atoms with E-state index in [0.717, 1.165) is 32.2 Å². The molecule has 1 aliphatic carbocycles. The number of sulfonamides is 1. The zero-order valence-electron chi connectivity index (χ0n) is 12.5. The van der Waals surface area contributed by atoms with Crippen LogP contribution in [0.15, 0.2) is 0 Å². The Hall–Kier alpha value is -0.210. The van der Waals surface area contributed by atoms with Gasteiger partial charge in [-0.25, -0.2) is 13.1 Å². The monoisotopic (exact) mass is 305 g/mol. The third-order valence-electron chi connectivity index (χ3n) is 4.28. The van der Waals surface area contributed by atoms with E-state index in [1.165, 1.54) is 0 Å². The van der Waals surface area contributed by atoms with Crippen LogP contribution in [0.5, 0.6) is 0 Å². The van der Waals surface area contributed by atoms with E-state index in [-0.39, 0.29) is 23.9 Å². The lowest BCUT2D eigenvalue weighted by atomic mass is 10.1. The van der Waals surface area contributed by atoms with Crippen molar-refractivity contribution < 1.29 is 13.5 Å². The van der Waals surface area contributed by atoms with E-state index in [2.05, 4.69) is 9.62 Å². The maximum absolute atomic E-state index is 12.1. The molecule has 2 aliphatic rings. The van der Waals surface area contributed by atoms with Gasteiger partial charge in [0.1, 0.15) is 0 Å². The molecule has 0 radical (unpaired) electrons. The van der Waals surface area contributed by atoms with Gasteiger partial charge in [-0.05, 0) is 33.4 Å². The molecule has 0 amide bonds. The molecular weight excluding hydrogens is 278 g/mol. The molecule has 0 aromatic carbocycles.